The standard InChI is InChI=1S/C9H14Cl2O3/c1-4-8(6(3)9(8,10)11)14-7(12)13-5-2/h6H,4-5H2,1-3H3. The summed E-state index contributed by atoms with van der Waals surface area (Å²) < 4.78 is 8.85. The van der Waals surface area contributed by atoms with E-state index in [0.29, 0.717) is 6.42 Å². The summed E-state index contributed by atoms with van der Waals surface area (Å²) in [4.78, 5) is 11.1. The Morgan fingerprint density at radius 1 is 1.43 bits per heavy atom. The van der Waals surface area contributed by atoms with Gasteiger partial charge in [0, 0.05) is 5.92 Å². The molecule has 0 aliphatic heterocycles. The molecule has 0 N–H and O–H groups in total. The largest absolute Gasteiger partial charge is 0.508 e. The third-order valence-corrected chi connectivity index (χ3v) is 4.07. The van der Waals surface area contributed by atoms with E-state index in [0.717, 1.165) is 0 Å². The average molecular weight is 241 g/mol. The van der Waals surface area contributed by atoms with Gasteiger partial charge >= 0.3 is 6.16 Å². The summed E-state index contributed by atoms with van der Waals surface area (Å²) in [6, 6.07) is 0. The summed E-state index contributed by atoms with van der Waals surface area (Å²) in [5.74, 6) is -0.0623. The molecule has 1 aliphatic rings. The van der Waals surface area contributed by atoms with Gasteiger partial charge in [0.05, 0.1) is 6.61 Å². The Labute approximate surface area is 93.6 Å². The molecule has 1 fully saturated rings. The van der Waals surface area contributed by atoms with Gasteiger partial charge in [-0.15, -0.1) is 0 Å². The molecule has 0 amide bonds. The lowest BCUT2D eigenvalue weighted by atomic mass is 10.2. The number of hydrogen-bond donors (Lipinski definition) is 0. The topological polar surface area (TPSA) is 35.5 Å². The van der Waals surface area contributed by atoms with Crippen LogP contribution in [0.3, 0.4) is 0 Å². The number of alkyl halides is 2. The summed E-state index contributed by atoms with van der Waals surface area (Å²) in [7, 11) is 0. The molecule has 0 bridgehead atoms. The Hall–Kier alpha value is -0.150. The van der Waals surface area contributed by atoms with Crippen LogP contribution in [0.15, 0.2) is 0 Å². The van der Waals surface area contributed by atoms with Crippen LogP contribution in [-0.2, 0) is 9.47 Å². The van der Waals surface area contributed by atoms with Crippen molar-refractivity contribution in [1.82, 2.24) is 0 Å². The predicted molar refractivity (Wildman–Crippen MR) is 54.7 cm³/mol. The maximum atomic E-state index is 11.1. The van der Waals surface area contributed by atoms with E-state index >= 15 is 0 Å². The highest BCUT2D eigenvalue weighted by Crippen LogP contribution is 2.66. The Balaban J connectivity index is 2.63. The average Bonchev–Trinajstić information content (AvgIpc) is 2.51. The minimum absolute atomic E-state index is 0.0623. The van der Waals surface area contributed by atoms with E-state index in [1.807, 2.05) is 13.8 Å². The molecule has 0 aromatic rings. The highest BCUT2D eigenvalue weighted by molar-refractivity contribution is 6.52. The normalized spacial score (nSPS) is 33.6. The second-order valence-corrected chi connectivity index (χ2v) is 4.76. The summed E-state index contributed by atoms with van der Waals surface area (Å²) >= 11 is 12.0. The van der Waals surface area contributed by atoms with E-state index in [-0.39, 0.29) is 12.5 Å². The maximum absolute atomic E-state index is 11.1. The number of carbonyl (C=O) groups is 1. The maximum Gasteiger partial charge on any atom is 0.508 e. The zero-order chi connectivity index (χ0) is 11.0. The molecule has 0 heterocycles. The first kappa shape index (κ1) is 11.9. The Bertz CT molecular complexity index is 242. The van der Waals surface area contributed by atoms with Gasteiger partial charge in [0.2, 0.25) is 0 Å². The third kappa shape index (κ3) is 1.57. The highest BCUT2D eigenvalue weighted by atomic mass is 35.5. The lowest BCUT2D eigenvalue weighted by Gasteiger charge is -2.16. The Morgan fingerprint density at radius 3 is 2.21 bits per heavy atom. The fourth-order valence-electron chi connectivity index (χ4n) is 1.68. The summed E-state index contributed by atoms with van der Waals surface area (Å²) in [5.41, 5.74) is -0.775. The fourth-order valence-corrected chi connectivity index (χ4v) is 2.59. The zero-order valence-electron chi connectivity index (χ0n) is 8.47. The fraction of sp³-hybridized carbons (Fsp3) is 0.889. The summed E-state index contributed by atoms with van der Waals surface area (Å²) in [5, 5.41) is 0. The lowest BCUT2D eigenvalue weighted by Crippen LogP contribution is -2.26. The van der Waals surface area contributed by atoms with Crippen molar-refractivity contribution >= 4 is 29.4 Å². The van der Waals surface area contributed by atoms with E-state index in [1.54, 1.807) is 6.92 Å². The molecule has 5 heteroatoms. The molecule has 1 aliphatic carbocycles. The molecular formula is C9H14Cl2O3. The van der Waals surface area contributed by atoms with Crippen molar-refractivity contribution in [2.75, 3.05) is 6.61 Å². The van der Waals surface area contributed by atoms with Gasteiger partial charge in [-0.3, -0.25) is 0 Å². The van der Waals surface area contributed by atoms with Crippen LogP contribution in [0.4, 0.5) is 4.79 Å². The number of hydrogen-bond acceptors (Lipinski definition) is 3. The van der Waals surface area contributed by atoms with Gasteiger partial charge in [-0.2, -0.15) is 0 Å². The van der Waals surface area contributed by atoms with Crippen molar-refractivity contribution < 1.29 is 14.3 Å². The molecule has 0 spiro atoms. The minimum atomic E-state index is -0.978. The Morgan fingerprint density at radius 2 is 1.93 bits per heavy atom. The van der Waals surface area contributed by atoms with Gasteiger partial charge in [0.25, 0.3) is 0 Å². The predicted octanol–water partition coefficient (Wildman–Crippen LogP) is 3.13. The van der Waals surface area contributed by atoms with E-state index in [1.165, 1.54) is 0 Å². The van der Waals surface area contributed by atoms with Crippen LogP contribution in [0.2, 0.25) is 0 Å². The van der Waals surface area contributed by atoms with Crippen molar-refractivity contribution in [2.45, 2.75) is 37.1 Å². The molecule has 82 valence electrons. The third-order valence-electron chi connectivity index (χ3n) is 2.78. The molecule has 14 heavy (non-hydrogen) atoms. The molecule has 1 saturated carbocycles. The van der Waals surface area contributed by atoms with Crippen LogP contribution in [0.5, 0.6) is 0 Å². The first-order valence-electron chi connectivity index (χ1n) is 4.66. The van der Waals surface area contributed by atoms with E-state index in [2.05, 4.69) is 4.74 Å². The number of ether oxygens (including phenoxy) is 2. The van der Waals surface area contributed by atoms with Crippen LogP contribution >= 0.6 is 23.2 Å². The number of halogens is 2. The molecular weight excluding hydrogens is 227 g/mol. The van der Waals surface area contributed by atoms with Crippen molar-refractivity contribution in [3.63, 3.8) is 0 Å². The second-order valence-electron chi connectivity index (χ2n) is 3.37. The van der Waals surface area contributed by atoms with Crippen LogP contribution in [0.1, 0.15) is 27.2 Å². The van der Waals surface area contributed by atoms with E-state index < -0.39 is 16.1 Å². The van der Waals surface area contributed by atoms with Crippen molar-refractivity contribution in [1.29, 1.82) is 0 Å². The van der Waals surface area contributed by atoms with Gasteiger partial charge in [-0.1, -0.05) is 37.0 Å². The second kappa shape index (κ2) is 3.78. The lowest BCUT2D eigenvalue weighted by molar-refractivity contribution is 0.00726. The molecule has 0 radical (unpaired) electrons. The first-order valence-corrected chi connectivity index (χ1v) is 5.41. The van der Waals surface area contributed by atoms with Gasteiger partial charge in [-0.25, -0.2) is 4.79 Å². The van der Waals surface area contributed by atoms with Crippen LogP contribution < -0.4 is 0 Å². The smallest absolute Gasteiger partial charge is 0.435 e. The molecule has 0 aromatic carbocycles. The molecule has 0 saturated heterocycles. The molecule has 0 aromatic heterocycles. The van der Waals surface area contributed by atoms with Crippen molar-refractivity contribution in [3.8, 4) is 0 Å². The highest BCUT2D eigenvalue weighted by Gasteiger charge is 2.76. The van der Waals surface area contributed by atoms with E-state index in [9.17, 15) is 4.79 Å². The van der Waals surface area contributed by atoms with Crippen molar-refractivity contribution in [2.24, 2.45) is 5.92 Å². The van der Waals surface area contributed by atoms with Crippen molar-refractivity contribution in [3.05, 3.63) is 0 Å². The first-order chi connectivity index (χ1) is 6.42. The summed E-state index contributed by atoms with van der Waals surface area (Å²) in [6.45, 7) is 5.72. The van der Waals surface area contributed by atoms with Gasteiger partial charge in [0.15, 0.2) is 9.93 Å². The number of carbonyl (C=O) groups excluding carboxylic acids is 1. The van der Waals surface area contributed by atoms with Gasteiger partial charge in [-0.05, 0) is 13.3 Å². The van der Waals surface area contributed by atoms with Crippen LogP contribution in [-0.4, -0.2) is 22.7 Å². The Kier molecular flexibility index (Phi) is 3.22. The molecule has 2 atom stereocenters. The van der Waals surface area contributed by atoms with Gasteiger partial charge < -0.3 is 9.47 Å². The SMILES string of the molecule is CCOC(=O)OC1(CC)C(C)C1(Cl)Cl. The van der Waals surface area contributed by atoms with E-state index in [4.69, 9.17) is 27.9 Å². The molecule has 1 rings (SSSR count). The van der Waals surface area contributed by atoms with Crippen LogP contribution in [0.25, 0.3) is 0 Å². The molecule has 2 unspecified atom stereocenters. The van der Waals surface area contributed by atoms with Crippen LogP contribution in [0, 0.1) is 5.92 Å². The monoisotopic (exact) mass is 240 g/mol. The minimum Gasteiger partial charge on any atom is -0.435 e. The zero-order valence-corrected chi connectivity index (χ0v) is 9.98. The summed E-state index contributed by atoms with van der Waals surface area (Å²) in [6.07, 6.45) is -0.121. The van der Waals surface area contributed by atoms with Gasteiger partial charge in [0.1, 0.15) is 0 Å². The quantitative estimate of drug-likeness (QED) is 0.562. The molecule has 3 nitrogen and oxygen atoms in total. The number of rotatable bonds is 3.